The molecule has 1 amide bonds. The van der Waals surface area contributed by atoms with E-state index in [-0.39, 0.29) is 28.4 Å². The van der Waals surface area contributed by atoms with Crippen LogP contribution in [-0.4, -0.2) is 46.4 Å². The van der Waals surface area contributed by atoms with Gasteiger partial charge >= 0.3 is 6.18 Å². The average molecular weight is 548 g/mol. The van der Waals surface area contributed by atoms with Crippen LogP contribution in [0.4, 0.5) is 18.9 Å². The van der Waals surface area contributed by atoms with Crippen molar-refractivity contribution in [1.82, 2.24) is 20.0 Å². The van der Waals surface area contributed by atoms with Crippen LogP contribution in [0.25, 0.3) is 5.70 Å². The average Bonchev–Trinajstić information content (AvgIpc) is 3.02. The van der Waals surface area contributed by atoms with Gasteiger partial charge in [0.1, 0.15) is 0 Å². The van der Waals surface area contributed by atoms with E-state index in [4.69, 9.17) is 23.2 Å². The second-order valence-corrected chi connectivity index (χ2v) is 9.67. The molecule has 5 N–H and O–H groups in total. The number of anilines is 1. The minimum atomic E-state index is -4.55. The molecule has 202 valence electrons. The highest BCUT2D eigenvalue weighted by Crippen LogP contribution is 2.32. The van der Waals surface area contributed by atoms with Crippen molar-refractivity contribution in [3.8, 4) is 0 Å². The molecule has 0 bridgehead atoms. The molecule has 0 saturated carbocycles. The van der Waals surface area contributed by atoms with Crippen molar-refractivity contribution in [2.24, 2.45) is 18.6 Å². The van der Waals surface area contributed by atoms with Gasteiger partial charge in [-0.1, -0.05) is 17.7 Å². The number of hydrazine groups is 1. The molecule has 2 aliphatic rings. The van der Waals surface area contributed by atoms with Gasteiger partial charge in [-0.05, 0) is 62.4 Å². The van der Waals surface area contributed by atoms with E-state index in [2.05, 4.69) is 15.3 Å². The van der Waals surface area contributed by atoms with Gasteiger partial charge in [-0.2, -0.15) is 18.3 Å². The van der Waals surface area contributed by atoms with E-state index >= 15 is 0 Å². The Morgan fingerprint density at radius 1 is 1.29 bits per heavy atom. The molecule has 1 aliphatic heterocycles. The first-order chi connectivity index (χ1) is 17.9. The molecule has 8 nitrogen and oxygen atoms in total. The van der Waals surface area contributed by atoms with Gasteiger partial charge in [-0.3, -0.25) is 19.4 Å². The van der Waals surface area contributed by atoms with Gasteiger partial charge in [0.05, 0.1) is 28.2 Å². The first-order valence-corrected chi connectivity index (χ1v) is 12.3. The number of nitrogens with one attached hydrogen (secondary N) is 1. The lowest BCUT2D eigenvalue weighted by Gasteiger charge is -2.31. The molecule has 2 aromatic rings. The minimum absolute atomic E-state index is 0.134. The van der Waals surface area contributed by atoms with Gasteiger partial charge in [0.25, 0.3) is 5.91 Å². The van der Waals surface area contributed by atoms with Crippen molar-refractivity contribution in [1.29, 1.82) is 0 Å². The van der Waals surface area contributed by atoms with Crippen LogP contribution in [0.2, 0.25) is 5.02 Å². The van der Waals surface area contributed by atoms with Crippen molar-refractivity contribution >= 4 is 28.9 Å². The van der Waals surface area contributed by atoms with E-state index in [1.165, 1.54) is 29.4 Å². The Morgan fingerprint density at radius 3 is 2.63 bits per heavy atom. The van der Waals surface area contributed by atoms with E-state index in [1.54, 1.807) is 24.0 Å². The second-order valence-electron chi connectivity index (χ2n) is 9.26. The standard InChI is InChI=1S/C26H29ClF3N7O/c1-16-21(13-33-35(16)2)23(31)15-37(32)24-11-18(5-7-22(24)27)25(38)34-20-6-4-17(14-36-8-3-9-36)10-19(12-20)26(28,29)30/h4-5,7,10-13,15H,3,6,8-9,14,31-32H2,1-2H3,(H,34,38)/b23-15-. The Balaban J connectivity index is 1.53. The molecule has 1 aromatic heterocycles. The number of hydrogen-bond donors (Lipinski definition) is 3. The topological polar surface area (TPSA) is 105 Å². The van der Waals surface area contributed by atoms with Crippen molar-refractivity contribution in [2.75, 3.05) is 24.6 Å². The maximum absolute atomic E-state index is 13.7. The van der Waals surface area contributed by atoms with Crippen LogP contribution >= 0.6 is 11.6 Å². The molecule has 38 heavy (non-hydrogen) atoms. The number of amides is 1. The van der Waals surface area contributed by atoms with Gasteiger partial charge < -0.3 is 11.1 Å². The summed E-state index contributed by atoms with van der Waals surface area (Å²) in [7, 11) is 1.78. The number of nitrogens with zero attached hydrogens (tertiary/aromatic N) is 4. The summed E-state index contributed by atoms with van der Waals surface area (Å²) in [5, 5.41) is 8.20. The van der Waals surface area contributed by atoms with Gasteiger partial charge in [-0.15, -0.1) is 0 Å². The fourth-order valence-corrected chi connectivity index (χ4v) is 4.30. The minimum Gasteiger partial charge on any atom is -0.397 e. The second kappa shape index (κ2) is 11.1. The fourth-order valence-electron chi connectivity index (χ4n) is 4.09. The molecule has 1 aromatic carbocycles. The molecule has 1 aliphatic carbocycles. The highest BCUT2D eigenvalue weighted by Gasteiger charge is 2.33. The summed E-state index contributed by atoms with van der Waals surface area (Å²) in [6.07, 6.45) is 3.52. The van der Waals surface area contributed by atoms with Crippen LogP contribution in [0.3, 0.4) is 0 Å². The summed E-state index contributed by atoms with van der Waals surface area (Å²) in [5.41, 5.74) is 8.37. The predicted molar refractivity (Wildman–Crippen MR) is 142 cm³/mol. The summed E-state index contributed by atoms with van der Waals surface area (Å²) in [6.45, 7) is 4.02. The number of hydrogen-bond acceptors (Lipinski definition) is 6. The molecule has 0 unspecified atom stereocenters. The smallest absolute Gasteiger partial charge is 0.397 e. The normalized spacial score (nSPS) is 16.7. The highest BCUT2D eigenvalue weighted by molar-refractivity contribution is 6.33. The summed E-state index contributed by atoms with van der Waals surface area (Å²) in [4.78, 5) is 15.1. The number of halogens is 4. The van der Waals surface area contributed by atoms with Crippen LogP contribution in [0.1, 0.15) is 34.5 Å². The Morgan fingerprint density at radius 2 is 2.03 bits per heavy atom. The summed E-state index contributed by atoms with van der Waals surface area (Å²) in [6, 6.07) is 4.40. The zero-order chi connectivity index (χ0) is 27.6. The number of allylic oxidation sites excluding steroid dienone is 3. The molecule has 1 fully saturated rings. The number of aryl methyl sites for hydroxylation is 1. The third kappa shape index (κ3) is 6.29. The molecular formula is C26H29ClF3N7O. The maximum atomic E-state index is 13.7. The zero-order valence-electron chi connectivity index (χ0n) is 21.0. The van der Waals surface area contributed by atoms with Gasteiger partial charge in [0.2, 0.25) is 0 Å². The van der Waals surface area contributed by atoms with Crippen LogP contribution < -0.4 is 21.9 Å². The third-order valence-corrected chi connectivity index (χ3v) is 6.84. The van der Waals surface area contributed by atoms with E-state index in [0.29, 0.717) is 23.4 Å². The number of benzene rings is 1. The first-order valence-electron chi connectivity index (χ1n) is 11.9. The molecule has 2 heterocycles. The SMILES string of the molecule is Cc1c(/C(N)=C/N(N)c2cc(C(=O)NC3=CC(C(F)(F)F)=CC(CN4CCC4)=CC3)ccc2Cl)cnn1C. The number of alkyl halides is 3. The van der Waals surface area contributed by atoms with Gasteiger partial charge in [0.15, 0.2) is 0 Å². The largest absolute Gasteiger partial charge is 0.416 e. The maximum Gasteiger partial charge on any atom is 0.416 e. The van der Waals surface area contributed by atoms with Crippen LogP contribution in [0.5, 0.6) is 0 Å². The molecule has 12 heteroatoms. The van der Waals surface area contributed by atoms with Crippen molar-refractivity contribution in [3.05, 3.63) is 87.5 Å². The highest BCUT2D eigenvalue weighted by atomic mass is 35.5. The van der Waals surface area contributed by atoms with Crippen molar-refractivity contribution in [3.63, 3.8) is 0 Å². The van der Waals surface area contributed by atoms with Crippen LogP contribution in [0, 0.1) is 6.92 Å². The first kappa shape index (κ1) is 27.5. The molecule has 1 saturated heterocycles. The molecular weight excluding hydrogens is 519 g/mol. The van der Waals surface area contributed by atoms with Crippen LogP contribution in [0.15, 0.2) is 65.7 Å². The number of likely N-dealkylation sites (tertiary alicyclic amines) is 1. The third-order valence-electron chi connectivity index (χ3n) is 6.52. The Kier molecular flexibility index (Phi) is 8.00. The summed E-state index contributed by atoms with van der Waals surface area (Å²) in [5.74, 6) is 5.59. The number of rotatable bonds is 7. The molecule has 0 radical (unpaired) electrons. The number of aromatic nitrogens is 2. The Bertz CT molecular complexity index is 1350. The van der Waals surface area contributed by atoms with Crippen molar-refractivity contribution < 1.29 is 18.0 Å². The van der Waals surface area contributed by atoms with E-state index < -0.39 is 17.7 Å². The lowest BCUT2D eigenvalue weighted by Crippen LogP contribution is -2.38. The molecule has 0 spiro atoms. The van der Waals surface area contributed by atoms with Gasteiger partial charge in [-0.25, -0.2) is 5.84 Å². The Hall–Kier alpha value is -3.54. The number of nitrogens with two attached hydrogens (primary N) is 2. The van der Waals surface area contributed by atoms with E-state index in [9.17, 15) is 18.0 Å². The lowest BCUT2D eigenvalue weighted by atomic mass is 10.1. The quantitative estimate of drug-likeness (QED) is 0.355. The number of carbonyl (C=O) groups is 1. The summed E-state index contributed by atoms with van der Waals surface area (Å²) >= 11 is 6.32. The monoisotopic (exact) mass is 547 g/mol. The summed E-state index contributed by atoms with van der Waals surface area (Å²) < 4.78 is 42.7. The molecule has 4 rings (SSSR count). The lowest BCUT2D eigenvalue weighted by molar-refractivity contribution is -0.0883. The Labute approximate surface area is 223 Å². The van der Waals surface area contributed by atoms with Gasteiger partial charge in [0, 0.05) is 48.7 Å². The zero-order valence-corrected chi connectivity index (χ0v) is 21.8. The van der Waals surface area contributed by atoms with E-state index in [0.717, 1.165) is 37.4 Å². The van der Waals surface area contributed by atoms with Crippen molar-refractivity contribution in [2.45, 2.75) is 25.9 Å². The number of carbonyl (C=O) groups excluding carboxylic acids is 1. The van der Waals surface area contributed by atoms with E-state index in [1.807, 2.05) is 6.92 Å². The predicted octanol–water partition coefficient (Wildman–Crippen LogP) is 4.16. The van der Waals surface area contributed by atoms with Crippen LogP contribution in [-0.2, 0) is 7.05 Å². The molecule has 0 atom stereocenters. The fraction of sp³-hybridized carbons (Fsp3) is 0.308.